The lowest BCUT2D eigenvalue weighted by atomic mass is 10.2. The van der Waals surface area contributed by atoms with E-state index in [1.165, 1.54) is 53.0 Å². The molecule has 222 valence electrons. The number of hydrogen-bond donors (Lipinski definition) is 4. The molecule has 4 rings (SSSR count). The Bertz CT molecular complexity index is 1590. The number of rotatable bonds is 10. The van der Waals surface area contributed by atoms with Gasteiger partial charge in [-0.1, -0.05) is 35.3 Å². The second-order valence-electron chi connectivity index (χ2n) is 9.71. The fourth-order valence-corrected chi connectivity index (χ4v) is 6.26. The van der Waals surface area contributed by atoms with Crippen molar-refractivity contribution in [2.75, 3.05) is 44.4 Å². The number of benzene rings is 2. The topological polar surface area (TPSA) is 157 Å². The molecular weight excluding hydrogens is 605 g/mol. The predicted molar refractivity (Wildman–Crippen MR) is 160 cm³/mol. The molecule has 3 amide bonds. The molecule has 1 aliphatic heterocycles. The van der Waals surface area contributed by atoms with Crippen molar-refractivity contribution in [3.8, 4) is 0 Å². The molecule has 4 N–H and O–H groups in total. The lowest BCUT2D eigenvalue weighted by Gasteiger charge is -2.17. The number of hydrogen-bond acceptors (Lipinski definition) is 7. The monoisotopic (exact) mass is 633 g/mol. The van der Waals surface area contributed by atoms with Crippen molar-refractivity contribution in [3.05, 3.63) is 82.1 Å². The van der Waals surface area contributed by atoms with E-state index in [-0.39, 0.29) is 50.9 Å². The van der Waals surface area contributed by atoms with Crippen LogP contribution in [-0.4, -0.2) is 85.3 Å². The van der Waals surface area contributed by atoms with Crippen molar-refractivity contribution in [1.29, 1.82) is 0 Å². The highest BCUT2D eigenvalue weighted by molar-refractivity contribution is 7.89. The highest BCUT2D eigenvalue weighted by atomic mass is 35.5. The van der Waals surface area contributed by atoms with E-state index in [1.807, 2.05) is 19.0 Å². The third-order valence-corrected chi connectivity index (χ3v) is 8.80. The number of sulfonamides is 1. The molecule has 1 unspecified atom stereocenters. The number of H-pyrrole nitrogens is 1. The van der Waals surface area contributed by atoms with Crippen molar-refractivity contribution in [3.63, 3.8) is 0 Å². The summed E-state index contributed by atoms with van der Waals surface area (Å²) in [6.07, 6.45) is 4.78. The minimum absolute atomic E-state index is 0.0120. The minimum Gasteiger partial charge on any atom is -0.347 e. The van der Waals surface area contributed by atoms with Crippen molar-refractivity contribution < 1.29 is 22.8 Å². The molecule has 42 heavy (non-hydrogen) atoms. The van der Waals surface area contributed by atoms with Gasteiger partial charge in [-0.05, 0) is 56.9 Å². The summed E-state index contributed by atoms with van der Waals surface area (Å²) in [6, 6.07) is 10.0. The van der Waals surface area contributed by atoms with E-state index >= 15 is 0 Å². The van der Waals surface area contributed by atoms with Crippen molar-refractivity contribution in [1.82, 2.24) is 24.7 Å². The molecule has 12 nitrogen and oxygen atoms in total. The first-order valence-corrected chi connectivity index (χ1v) is 15.0. The van der Waals surface area contributed by atoms with Gasteiger partial charge < -0.3 is 20.9 Å². The highest BCUT2D eigenvalue weighted by Gasteiger charge is 2.34. The lowest BCUT2D eigenvalue weighted by Crippen LogP contribution is -2.39. The molecule has 1 atom stereocenters. The number of halogens is 2. The number of nitrogens with one attached hydrogen (secondary N) is 4. The molecule has 0 radical (unpaired) electrons. The Hall–Kier alpha value is -3.75. The summed E-state index contributed by atoms with van der Waals surface area (Å²) in [5.41, 5.74) is 0.606. The summed E-state index contributed by atoms with van der Waals surface area (Å²) in [7, 11) is -0.0758. The van der Waals surface area contributed by atoms with E-state index in [0.29, 0.717) is 18.7 Å². The van der Waals surface area contributed by atoms with Gasteiger partial charge in [-0.15, -0.1) is 0 Å². The Morgan fingerprint density at radius 2 is 1.76 bits per heavy atom. The Morgan fingerprint density at radius 1 is 1.07 bits per heavy atom. The van der Waals surface area contributed by atoms with E-state index in [9.17, 15) is 22.8 Å². The molecule has 0 bridgehead atoms. The standard InChI is InChI=1S/C27H29Cl2N7O5S/c1-35(2)13-4-7-23(37)31-17-8-10-19(11-9-17)42(40,41)36-14-12-18(16-36)32-27(39)25-22(15-30-34-25)33-26(38)24-20(28)5-3-6-21(24)29/h3-11,15,18H,12-14,16H2,1-2H3,(H,30,34)(H,31,37)(H,32,39)(H,33,38). The summed E-state index contributed by atoms with van der Waals surface area (Å²) in [6.45, 7) is 0.856. The van der Waals surface area contributed by atoms with E-state index < -0.39 is 27.9 Å². The Morgan fingerprint density at radius 3 is 2.43 bits per heavy atom. The average molecular weight is 635 g/mol. The fraction of sp³-hybridized carbons (Fsp3) is 0.259. The molecule has 3 aromatic rings. The number of aromatic amines is 1. The second kappa shape index (κ2) is 13.5. The number of aromatic nitrogens is 2. The fourth-order valence-electron chi connectivity index (χ4n) is 4.19. The molecule has 0 saturated carbocycles. The SMILES string of the molecule is CN(C)CC=CC(=O)Nc1ccc(S(=O)(=O)N2CCC(NC(=O)c3[nH]ncc3NC(=O)c3c(Cl)cccc3Cl)C2)cc1. The van der Waals surface area contributed by atoms with Gasteiger partial charge in [-0.3, -0.25) is 19.5 Å². The van der Waals surface area contributed by atoms with Crippen LogP contribution in [0.15, 0.2) is 65.7 Å². The van der Waals surface area contributed by atoms with Crippen LogP contribution in [0.25, 0.3) is 0 Å². The van der Waals surface area contributed by atoms with Crippen LogP contribution in [0.3, 0.4) is 0 Å². The molecule has 2 aromatic carbocycles. The van der Waals surface area contributed by atoms with Gasteiger partial charge in [-0.25, -0.2) is 8.42 Å². The molecular formula is C27H29Cl2N7O5S. The number of likely N-dealkylation sites (N-methyl/N-ethyl adjacent to an activating group) is 1. The van der Waals surface area contributed by atoms with Gasteiger partial charge >= 0.3 is 0 Å². The van der Waals surface area contributed by atoms with Crippen LogP contribution in [0, 0.1) is 0 Å². The van der Waals surface area contributed by atoms with Gasteiger partial charge in [0.1, 0.15) is 5.69 Å². The smallest absolute Gasteiger partial charge is 0.271 e. The first-order chi connectivity index (χ1) is 20.0. The molecule has 0 spiro atoms. The maximum absolute atomic E-state index is 13.2. The van der Waals surface area contributed by atoms with E-state index in [0.717, 1.165) is 0 Å². The molecule has 15 heteroatoms. The molecule has 0 aliphatic carbocycles. The maximum Gasteiger partial charge on any atom is 0.271 e. The normalized spacial score (nSPS) is 15.7. The zero-order valence-electron chi connectivity index (χ0n) is 22.7. The largest absolute Gasteiger partial charge is 0.347 e. The summed E-state index contributed by atoms with van der Waals surface area (Å²) in [5, 5.41) is 14.8. The van der Waals surface area contributed by atoms with Gasteiger partial charge in [0, 0.05) is 37.4 Å². The van der Waals surface area contributed by atoms with E-state index in [2.05, 4.69) is 26.1 Å². The van der Waals surface area contributed by atoms with Gasteiger partial charge in [0.2, 0.25) is 15.9 Å². The van der Waals surface area contributed by atoms with Gasteiger partial charge in [0.25, 0.3) is 11.8 Å². The van der Waals surface area contributed by atoms with Crippen LogP contribution in [0.4, 0.5) is 11.4 Å². The predicted octanol–water partition coefficient (Wildman–Crippen LogP) is 3.22. The summed E-state index contributed by atoms with van der Waals surface area (Å²) in [4.78, 5) is 39.8. The van der Waals surface area contributed by atoms with Crippen molar-refractivity contribution in [2.24, 2.45) is 0 Å². The van der Waals surface area contributed by atoms with Crippen LogP contribution in [-0.2, 0) is 14.8 Å². The quantitative estimate of drug-likeness (QED) is 0.250. The Labute approximate surface area is 253 Å². The van der Waals surface area contributed by atoms with E-state index in [1.54, 1.807) is 12.1 Å². The van der Waals surface area contributed by atoms with Crippen molar-refractivity contribution >= 4 is 62.3 Å². The highest BCUT2D eigenvalue weighted by Crippen LogP contribution is 2.26. The van der Waals surface area contributed by atoms with Crippen LogP contribution in [0.2, 0.25) is 10.0 Å². The van der Waals surface area contributed by atoms with Crippen LogP contribution in [0.1, 0.15) is 27.3 Å². The van der Waals surface area contributed by atoms with Gasteiger partial charge in [-0.2, -0.15) is 9.40 Å². The summed E-state index contributed by atoms with van der Waals surface area (Å²) in [5.74, 6) is -1.51. The molecule has 1 aromatic heterocycles. The average Bonchev–Trinajstić information content (AvgIpc) is 3.59. The first-order valence-electron chi connectivity index (χ1n) is 12.8. The van der Waals surface area contributed by atoms with Crippen LogP contribution >= 0.6 is 23.2 Å². The third kappa shape index (κ3) is 7.55. The lowest BCUT2D eigenvalue weighted by molar-refractivity contribution is -0.111. The number of anilines is 2. The molecule has 2 heterocycles. The van der Waals surface area contributed by atoms with E-state index in [4.69, 9.17) is 23.2 Å². The molecule has 1 saturated heterocycles. The second-order valence-corrected chi connectivity index (χ2v) is 12.5. The zero-order chi connectivity index (χ0) is 30.4. The summed E-state index contributed by atoms with van der Waals surface area (Å²) < 4.78 is 27.7. The van der Waals surface area contributed by atoms with Crippen LogP contribution in [0.5, 0.6) is 0 Å². The molecule has 1 fully saturated rings. The number of carbonyl (C=O) groups excluding carboxylic acids is 3. The Balaban J connectivity index is 1.35. The number of amides is 3. The zero-order valence-corrected chi connectivity index (χ0v) is 25.1. The van der Waals surface area contributed by atoms with Gasteiger partial charge in [0.15, 0.2) is 0 Å². The number of nitrogens with zero attached hydrogens (tertiary/aromatic N) is 3. The Kier molecular flexibility index (Phi) is 10.0. The minimum atomic E-state index is -3.85. The maximum atomic E-state index is 13.2. The van der Waals surface area contributed by atoms with Gasteiger partial charge in [0.05, 0.1) is 32.4 Å². The first kappa shape index (κ1) is 31.2. The van der Waals surface area contributed by atoms with Crippen molar-refractivity contribution in [2.45, 2.75) is 17.4 Å². The third-order valence-electron chi connectivity index (χ3n) is 6.29. The number of carbonyl (C=O) groups is 3. The van der Waals surface area contributed by atoms with Crippen LogP contribution < -0.4 is 16.0 Å². The summed E-state index contributed by atoms with van der Waals surface area (Å²) >= 11 is 12.2. The molecule has 1 aliphatic rings.